The van der Waals surface area contributed by atoms with Crippen molar-refractivity contribution in [3.63, 3.8) is 0 Å². The molecule has 0 aliphatic heterocycles. The Bertz CT molecular complexity index is 884. The molecule has 0 saturated heterocycles. The molecule has 1 N–H and O–H groups in total. The number of hydrogen-bond acceptors (Lipinski definition) is 1. The Kier molecular flexibility index (Phi) is 4.62. The fourth-order valence-corrected chi connectivity index (χ4v) is 3.35. The molecule has 124 valence electrons. The minimum atomic E-state index is 0.924. The number of rotatable bonds is 6. The second-order valence-electron chi connectivity index (χ2n) is 6.48. The zero-order valence-corrected chi connectivity index (χ0v) is 14.2. The Labute approximate surface area is 148 Å². The molecule has 2 heteroatoms. The van der Waals surface area contributed by atoms with E-state index in [4.69, 9.17) is 0 Å². The first-order chi connectivity index (χ1) is 12.4. The van der Waals surface area contributed by atoms with Crippen LogP contribution in [0.4, 0.5) is 0 Å². The lowest BCUT2D eigenvalue weighted by atomic mass is 10.1. The molecule has 0 bridgehead atoms. The molecule has 4 aromatic rings. The summed E-state index contributed by atoms with van der Waals surface area (Å²) in [4.78, 5) is 5.89. The van der Waals surface area contributed by atoms with Gasteiger partial charge in [0.2, 0.25) is 0 Å². The maximum Gasteiger partial charge on any atom is 0.0457 e. The number of nitrogens with one attached hydrogen (secondary N) is 1. The highest BCUT2D eigenvalue weighted by Gasteiger charge is 2.11. The van der Waals surface area contributed by atoms with Crippen LogP contribution in [-0.4, -0.2) is 9.88 Å². The van der Waals surface area contributed by atoms with Crippen LogP contribution in [0.1, 0.15) is 16.7 Å². The van der Waals surface area contributed by atoms with Crippen LogP contribution in [0.3, 0.4) is 0 Å². The number of aromatic amines is 1. The highest BCUT2D eigenvalue weighted by Crippen LogP contribution is 2.21. The first kappa shape index (κ1) is 15.7. The predicted molar refractivity (Wildman–Crippen MR) is 104 cm³/mol. The molecule has 0 amide bonds. The van der Waals surface area contributed by atoms with Crippen molar-refractivity contribution in [2.75, 3.05) is 0 Å². The van der Waals surface area contributed by atoms with E-state index in [1.807, 2.05) is 0 Å². The van der Waals surface area contributed by atoms with E-state index in [2.05, 4.69) is 101 Å². The Morgan fingerprint density at radius 1 is 0.600 bits per heavy atom. The summed E-state index contributed by atoms with van der Waals surface area (Å²) in [6, 6.07) is 29.9. The van der Waals surface area contributed by atoms with Gasteiger partial charge in [-0.25, -0.2) is 0 Å². The van der Waals surface area contributed by atoms with Crippen molar-refractivity contribution in [3.05, 3.63) is 108 Å². The van der Waals surface area contributed by atoms with Crippen LogP contribution in [0.5, 0.6) is 0 Å². The Hall–Kier alpha value is -2.84. The summed E-state index contributed by atoms with van der Waals surface area (Å²) >= 11 is 0. The van der Waals surface area contributed by atoms with Crippen LogP contribution in [0, 0.1) is 0 Å². The zero-order chi connectivity index (χ0) is 16.9. The van der Waals surface area contributed by atoms with Crippen LogP contribution < -0.4 is 0 Å². The molecular formula is C23H22N2. The van der Waals surface area contributed by atoms with Crippen molar-refractivity contribution in [1.82, 2.24) is 9.88 Å². The molecular weight excluding hydrogens is 304 g/mol. The van der Waals surface area contributed by atoms with E-state index in [1.54, 1.807) is 0 Å². The smallest absolute Gasteiger partial charge is 0.0457 e. The van der Waals surface area contributed by atoms with Gasteiger partial charge >= 0.3 is 0 Å². The number of fused-ring (bicyclic) bond motifs is 1. The standard InChI is InChI=1S/C23H22N2/c1-3-9-19(10-4-1)16-25(17-20-11-5-2-6-12-20)18-21-15-24-23-14-8-7-13-22(21)23/h1-15,24H,16-18H2. The van der Waals surface area contributed by atoms with Gasteiger partial charge in [-0.1, -0.05) is 78.9 Å². The van der Waals surface area contributed by atoms with Crippen molar-refractivity contribution in [1.29, 1.82) is 0 Å². The Balaban J connectivity index is 1.60. The average molecular weight is 326 g/mol. The van der Waals surface area contributed by atoms with Crippen LogP contribution in [0.25, 0.3) is 10.9 Å². The van der Waals surface area contributed by atoms with E-state index in [9.17, 15) is 0 Å². The Morgan fingerprint density at radius 3 is 1.80 bits per heavy atom. The summed E-state index contributed by atoms with van der Waals surface area (Å²) in [7, 11) is 0. The largest absolute Gasteiger partial charge is 0.361 e. The minimum Gasteiger partial charge on any atom is -0.361 e. The van der Waals surface area contributed by atoms with Crippen molar-refractivity contribution in [2.24, 2.45) is 0 Å². The van der Waals surface area contributed by atoms with E-state index in [0.717, 1.165) is 19.6 Å². The molecule has 3 aromatic carbocycles. The number of benzene rings is 3. The summed E-state index contributed by atoms with van der Waals surface area (Å²) in [6.45, 7) is 2.80. The van der Waals surface area contributed by atoms with Crippen molar-refractivity contribution in [3.8, 4) is 0 Å². The fourth-order valence-electron chi connectivity index (χ4n) is 3.35. The van der Waals surface area contributed by atoms with Gasteiger partial charge in [0.05, 0.1) is 0 Å². The number of nitrogens with zero attached hydrogens (tertiary/aromatic N) is 1. The third kappa shape index (κ3) is 3.81. The third-order valence-electron chi connectivity index (χ3n) is 4.57. The van der Waals surface area contributed by atoms with Gasteiger partial charge in [0.15, 0.2) is 0 Å². The predicted octanol–water partition coefficient (Wildman–Crippen LogP) is 5.37. The molecule has 0 radical (unpaired) electrons. The van der Waals surface area contributed by atoms with Gasteiger partial charge in [-0.05, 0) is 22.8 Å². The maximum absolute atomic E-state index is 3.39. The van der Waals surface area contributed by atoms with Crippen LogP contribution in [0.2, 0.25) is 0 Å². The number of para-hydroxylation sites is 1. The molecule has 25 heavy (non-hydrogen) atoms. The monoisotopic (exact) mass is 326 g/mol. The lowest BCUT2D eigenvalue weighted by Gasteiger charge is -2.22. The molecule has 0 unspecified atom stereocenters. The summed E-state index contributed by atoms with van der Waals surface area (Å²) in [5, 5.41) is 1.31. The number of hydrogen-bond donors (Lipinski definition) is 1. The van der Waals surface area contributed by atoms with Gasteiger partial charge in [-0.3, -0.25) is 4.90 Å². The third-order valence-corrected chi connectivity index (χ3v) is 4.57. The number of H-pyrrole nitrogens is 1. The first-order valence-corrected chi connectivity index (χ1v) is 8.74. The molecule has 1 heterocycles. The SMILES string of the molecule is c1ccc(CN(Cc2ccccc2)Cc2c[nH]c3ccccc23)cc1. The van der Waals surface area contributed by atoms with Gasteiger partial charge < -0.3 is 4.98 Å². The second-order valence-corrected chi connectivity index (χ2v) is 6.48. The van der Waals surface area contributed by atoms with Gasteiger partial charge in [-0.2, -0.15) is 0 Å². The van der Waals surface area contributed by atoms with Gasteiger partial charge in [0, 0.05) is 36.7 Å². The van der Waals surface area contributed by atoms with E-state index in [-0.39, 0.29) is 0 Å². The highest BCUT2D eigenvalue weighted by atomic mass is 15.1. The summed E-state index contributed by atoms with van der Waals surface area (Å²) < 4.78 is 0. The molecule has 0 fully saturated rings. The molecule has 4 rings (SSSR count). The van der Waals surface area contributed by atoms with Gasteiger partial charge in [0.1, 0.15) is 0 Å². The zero-order valence-electron chi connectivity index (χ0n) is 14.2. The quantitative estimate of drug-likeness (QED) is 0.504. The van der Waals surface area contributed by atoms with Crippen molar-refractivity contribution < 1.29 is 0 Å². The van der Waals surface area contributed by atoms with E-state index in [1.165, 1.54) is 27.6 Å². The lowest BCUT2D eigenvalue weighted by Crippen LogP contribution is -2.22. The number of aromatic nitrogens is 1. The molecule has 0 aliphatic carbocycles. The van der Waals surface area contributed by atoms with Crippen LogP contribution in [-0.2, 0) is 19.6 Å². The topological polar surface area (TPSA) is 19.0 Å². The first-order valence-electron chi connectivity index (χ1n) is 8.74. The minimum absolute atomic E-state index is 0.924. The van der Waals surface area contributed by atoms with Crippen LogP contribution >= 0.6 is 0 Å². The van der Waals surface area contributed by atoms with E-state index in [0.29, 0.717) is 0 Å². The summed E-state index contributed by atoms with van der Waals surface area (Å²) in [6.07, 6.45) is 2.15. The molecule has 0 saturated carbocycles. The molecule has 0 aliphatic rings. The normalized spacial score (nSPS) is 11.2. The summed E-state index contributed by atoms with van der Waals surface area (Å²) in [5.41, 5.74) is 5.25. The highest BCUT2D eigenvalue weighted by molar-refractivity contribution is 5.82. The average Bonchev–Trinajstić information content (AvgIpc) is 3.06. The maximum atomic E-state index is 3.39. The van der Waals surface area contributed by atoms with Crippen LogP contribution in [0.15, 0.2) is 91.1 Å². The van der Waals surface area contributed by atoms with Gasteiger partial charge in [-0.15, -0.1) is 0 Å². The van der Waals surface area contributed by atoms with Gasteiger partial charge in [0.25, 0.3) is 0 Å². The molecule has 0 atom stereocenters. The Morgan fingerprint density at radius 2 is 1.16 bits per heavy atom. The molecule has 1 aromatic heterocycles. The molecule has 2 nitrogen and oxygen atoms in total. The fraction of sp³-hybridized carbons (Fsp3) is 0.130. The van der Waals surface area contributed by atoms with Crippen molar-refractivity contribution in [2.45, 2.75) is 19.6 Å². The molecule has 0 spiro atoms. The van der Waals surface area contributed by atoms with E-state index >= 15 is 0 Å². The second kappa shape index (κ2) is 7.37. The summed E-state index contributed by atoms with van der Waals surface area (Å²) in [5.74, 6) is 0. The lowest BCUT2D eigenvalue weighted by molar-refractivity contribution is 0.248. The van der Waals surface area contributed by atoms with Crippen molar-refractivity contribution >= 4 is 10.9 Å². The van der Waals surface area contributed by atoms with E-state index < -0.39 is 0 Å².